The Balaban J connectivity index is 2.32. The number of aromatic nitrogens is 2. The number of hydrogen-bond acceptors (Lipinski definition) is 4. The summed E-state index contributed by atoms with van der Waals surface area (Å²) in [6, 6.07) is 4.00. The summed E-state index contributed by atoms with van der Waals surface area (Å²) in [6.45, 7) is 0. The quantitative estimate of drug-likeness (QED) is 0.879. The van der Waals surface area contributed by atoms with Gasteiger partial charge in [-0.2, -0.15) is 12.6 Å². The Morgan fingerprint density at radius 1 is 1.47 bits per heavy atom. The van der Waals surface area contributed by atoms with Gasteiger partial charge in [-0.05, 0) is 33.8 Å². The molecule has 0 atom stereocenters. The van der Waals surface area contributed by atoms with Gasteiger partial charge in [-0.1, -0.05) is 0 Å². The van der Waals surface area contributed by atoms with Gasteiger partial charge in [0.1, 0.15) is 5.82 Å². The molecule has 2 heterocycles. The first kappa shape index (κ1) is 11.1. The van der Waals surface area contributed by atoms with E-state index in [0.29, 0.717) is 0 Å². The minimum absolute atomic E-state index is 0.775. The lowest BCUT2D eigenvalue weighted by molar-refractivity contribution is 0.954. The predicted octanol–water partition coefficient (Wildman–Crippen LogP) is 3.44. The zero-order chi connectivity index (χ0) is 10.7. The Morgan fingerprint density at radius 3 is 3.00 bits per heavy atom. The van der Waals surface area contributed by atoms with Gasteiger partial charge in [0, 0.05) is 22.5 Å². The first-order valence-electron chi connectivity index (χ1n) is 4.47. The molecule has 0 aromatic carbocycles. The summed E-state index contributed by atoms with van der Waals surface area (Å²) in [4.78, 5) is 9.83. The van der Waals surface area contributed by atoms with Gasteiger partial charge in [0.25, 0.3) is 0 Å². The Bertz CT molecular complexity index is 456. The molecule has 2 nitrogen and oxygen atoms in total. The van der Waals surface area contributed by atoms with Crippen molar-refractivity contribution in [1.82, 2.24) is 9.97 Å². The van der Waals surface area contributed by atoms with Crippen LogP contribution in [0.15, 0.2) is 28.2 Å². The van der Waals surface area contributed by atoms with Crippen LogP contribution in [0.5, 0.6) is 0 Å². The average molecular weight is 301 g/mol. The maximum Gasteiger partial charge on any atom is 0.129 e. The standard InChI is InChI=1S/C10H9BrN2S2/c11-7-5-9(15-6-7)8-1-3-12-10(13-8)2-4-14/h1,3,5-6,14H,2,4H2. The fourth-order valence-electron chi connectivity index (χ4n) is 1.20. The molecule has 0 bridgehead atoms. The van der Waals surface area contributed by atoms with Gasteiger partial charge in [0.15, 0.2) is 0 Å². The minimum Gasteiger partial charge on any atom is -0.241 e. The molecule has 0 spiro atoms. The molecule has 0 aliphatic carbocycles. The molecule has 0 saturated heterocycles. The van der Waals surface area contributed by atoms with E-state index in [2.05, 4.69) is 50.0 Å². The van der Waals surface area contributed by atoms with Crippen molar-refractivity contribution in [3.05, 3.63) is 34.0 Å². The summed E-state index contributed by atoms with van der Waals surface area (Å²) in [5.41, 5.74) is 0.984. The Morgan fingerprint density at radius 2 is 2.33 bits per heavy atom. The van der Waals surface area contributed by atoms with E-state index in [-0.39, 0.29) is 0 Å². The van der Waals surface area contributed by atoms with Crippen LogP contribution in [0.4, 0.5) is 0 Å². The van der Waals surface area contributed by atoms with E-state index in [0.717, 1.165) is 33.0 Å². The van der Waals surface area contributed by atoms with E-state index in [9.17, 15) is 0 Å². The third-order valence-electron chi connectivity index (χ3n) is 1.86. The van der Waals surface area contributed by atoms with Gasteiger partial charge in [-0.3, -0.25) is 0 Å². The first-order valence-corrected chi connectivity index (χ1v) is 6.77. The van der Waals surface area contributed by atoms with E-state index < -0.39 is 0 Å². The Labute approximate surface area is 106 Å². The number of aryl methyl sites for hydroxylation is 1. The van der Waals surface area contributed by atoms with Crippen LogP contribution < -0.4 is 0 Å². The second kappa shape index (κ2) is 5.09. The topological polar surface area (TPSA) is 25.8 Å². The van der Waals surface area contributed by atoms with Gasteiger partial charge < -0.3 is 0 Å². The van der Waals surface area contributed by atoms with Crippen molar-refractivity contribution in [3.63, 3.8) is 0 Å². The molecule has 5 heteroatoms. The largest absolute Gasteiger partial charge is 0.241 e. The number of thiophene rings is 1. The van der Waals surface area contributed by atoms with E-state index in [1.807, 2.05) is 6.07 Å². The summed E-state index contributed by atoms with van der Waals surface area (Å²) < 4.78 is 1.09. The summed E-state index contributed by atoms with van der Waals surface area (Å²) in [5.74, 6) is 1.63. The monoisotopic (exact) mass is 300 g/mol. The summed E-state index contributed by atoms with van der Waals surface area (Å²) in [5, 5.41) is 2.05. The zero-order valence-corrected chi connectivity index (χ0v) is 11.1. The lowest BCUT2D eigenvalue weighted by Crippen LogP contribution is -1.96. The Hall–Kier alpha value is -0.390. The number of thiol groups is 1. The molecule has 0 fully saturated rings. The number of halogens is 1. The van der Waals surface area contributed by atoms with Crippen LogP contribution in [-0.4, -0.2) is 15.7 Å². The second-order valence-corrected chi connectivity index (χ2v) is 5.24. The van der Waals surface area contributed by atoms with Crippen LogP contribution in [-0.2, 0) is 6.42 Å². The van der Waals surface area contributed by atoms with E-state index in [4.69, 9.17) is 0 Å². The van der Waals surface area contributed by atoms with Gasteiger partial charge >= 0.3 is 0 Å². The summed E-state index contributed by atoms with van der Waals surface area (Å²) >= 11 is 9.28. The lowest BCUT2D eigenvalue weighted by Gasteiger charge is -1.99. The molecule has 2 aromatic rings. The smallest absolute Gasteiger partial charge is 0.129 e. The van der Waals surface area contributed by atoms with Crippen molar-refractivity contribution in [2.75, 3.05) is 5.75 Å². The number of hydrogen-bond donors (Lipinski definition) is 1. The van der Waals surface area contributed by atoms with Crippen molar-refractivity contribution in [2.45, 2.75) is 6.42 Å². The molecule has 0 unspecified atom stereocenters. The molecule has 0 amide bonds. The molecular formula is C10H9BrN2S2. The molecule has 78 valence electrons. The maximum atomic E-state index is 4.48. The molecule has 0 N–H and O–H groups in total. The maximum absolute atomic E-state index is 4.48. The number of nitrogens with zero attached hydrogens (tertiary/aromatic N) is 2. The van der Waals surface area contributed by atoms with Crippen LogP contribution >= 0.6 is 39.9 Å². The second-order valence-electron chi connectivity index (χ2n) is 2.96. The first-order chi connectivity index (χ1) is 7.29. The summed E-state index contributed by atoms with van der Waals surface area (Å²) in [6.07, 6.45) is 2.61. The van der Waals surface area contributed by atoms with Gasteiger partial charge in [0.2, 0.25) is 0 Å². The predicted molar refractivity (Wildman–Crippen MR) is 70.6 cm³/mol. The van der Waals surface area contributed by atoms with Crippen LogP contribution in [0.25, 0.3) is 10.6 Å². The third-order valence-corrected chi connectivity index (χ3v) is 3.80. The average Bonchev–Trinajstić information content (AvgIpc) is 2.66. The highest BCUT2D eigenvalue weighted by atomic mass is 79.9. The van der Waals surface area contributed by atoms with E-state index in [1.165, 1.54) is 0 Å². The van der Waals surface area contributed by atoms with Crippen LogP contribution in [0.1, 0.15) is 5.82 Å². The van der Waals surface area contributed by atoms with Crippen molar-refractivity contribution in [3.8, 4) is 10.6 Å². The van der Waals surface area contributed by atoms with Gasteiger partial charge in [0.05, 0.1) is 10.6 Å². The highest BCUT2D eigenvalue weighted by molar-refractivity contribution is 9.10. The molecule has 0 aliphatic rings. The molecule has 0 saturated carbocycles. The van der Waals surface area contributed by atoms with Crippen molar-refractivity contribution in [2.24, 2.45) is 0 Å². The Kier molecular flexibility index (Phi) is 3.77. The molecule has 2 aromatic heterocycles. The third kappa shape index (κ3) is 2.80. The minimum atomic E-state index is 0.775. The highest BCUT2D eigenvalue weighted by Gasteiger charge is 2.04. The van der Waals surface area contributed by atoms with Crippen molar-refractivity contribution >= 4 is 39.9 Å². The van der Waals surface area contributed by atoms with E-state index >= 15 is 0 Å². The van der Waals surface area contributed by atoms with E-state index in [1.54, 1.807) is 17.5 Å². The normalized spacial score (nSPS) is 10.5. The fraction of sp³-hybridized carbons (Fsp3) is 0.200. The molecule has 0 radical (unpaired) electrons. The molecular weight excluding hydrogens is 292 g/mol. The molecule has 2 rings (SSSR count). The number of rotatable bonds is 3. The molecule has 0 aliphatic heterocycles. The van der Waals surface area contributed by atoms with Crippen LogP contribution in [0.2, 0.25) is 0 Å². The van der Waals surface area contributed by atoms with Gasteiger partial charge in [-0.15, -0.1) is 11.3 Å². The fourth-order valence-corrected chi connectivity index (χ4v) is 2.80. The van der Waals surface area contributed by atoms with Crippen molar-refractivity contribution < 1.29 is 0 Å². The van der Waals surface area contributed by atoms with Crippen molar-refractivity contribution in [1.29, 1.82) is 0 Å². The lowest BCUT2D eigenvalue weighted by atomic mass is 10.3. The van der Waals surface area contributed by atoms with Crippen LogP contribution in [0.3, 0.4) is 0 Å². The highest BCUT2D eigenvalue weighted by Crippen LogP contribution is 2.28. The SMILES string of the molecule is SCCc1nccc(-c2cc(Br)cs2)n1. The molecule has 15 heavy (non-hydrogen) atoms. The zero-order valence-electron chi connectivity index (χ0n) is 7.85. The van der Waals surface area contributed by atoms with Crippen LogP contribution in [0, 0.1) is 0 Å². The summed E-state index contributed by atoms with van der Waals surface area (Å²) in [7, 11) is 0. The van der Waals surface area contributed by atoms with Gasteiger partial charge in [-0.25, -0.2) is 9.97 Å².